The number of amides is 2. The van der Waals surface area contributed by atoms with Gasteiger partial charge in [0.15, 0.2) is 0 Å². The molecule has 8 nitrogen and oxygen atoms in total. The van der Waals surface area contributed by atoms with Gasteiger partial charge in [0.1, 0.15) is 0 Å². The lowest BCUT2D eigenvalue weighted by Gasteiger charge is -2.05. The molecule has 0 radical (unpaired) electrons. The Balaban J connectivity index is 2.69. The summed E-state index contributed by atoms with van der Waals surface area (Å²) in [6.45, 7) is 2.27. The summed E-state index contributed by atoms with van der Waals surface area (Å²) in [6, 6.07) is 1.07. The van der Waals surface area contributed by atoms with Gasteiger partial charge in [0.25, 0.3) is 10.0 Å². The van der Waals surface area contributed by atoms with E-state index in [0.717, 1.165) is 25.0 Å². The van der Waals surface area contributed by atoms with E-state index in [0.29, 0.717) is 6.54 Å². The molecule has 0 spiro atoms. The van der Waals surface area contributed by atoms with Gasteiger partial charge in [-0.1, -0.05) is 13.3 Å². The molecule has 0 aromatic carbocycles. The number of carbonyl (C=O) groups is 2. The molecule has 0 saturated heterocycles. The van der Waals surface area contributed by atoms with Gasteiger partial charge in [-0.05, 0) is 18.6 Å². The summed E-state index contributed by atoms with van der Waals surface area (Å²) in [5.41, 5.74) is 0. The summed E-state index contributed by atoms with van der Waals surface area (Å²) in [4.78, 5) is 21.8. The van der Waals surface area contributed by atoms with E-state index in [2.05, 4.69) is 9.73 Å². The van der Waals surface area contributed by atoms with Crippen molar-refractivity contribution in [1.82, 2.24) is 10.0 Å². The smallest absolute Gasteiger partial charge is 0.371 e. The second-order valence-corrected chi connectivity index (χ2v) is 5.25. The third-order valence-electron chi connectivity index (χ3n) is 2.10. The van der Waals surface area contributed by atoms with E-state index in [-0.39, 0.29) is 0 Å². The summed E-state index contributed by atoms with van der Waals surface area (Å²) < 4.78 is 29.6. The van der Waals surface area contributed by atoms with Crippen LogP contribution in [0.3, 0.4) is 0 Å². The van der Waals surface area contributed by atoms with Crippen molar-refractivity contribution in [3.63, 3.8) is 0 Å². The highest BCUT2D eigenvalue weighted by Crippen LogP contribution is 2.13. The Morgan fingerprint density at radius 1 is 1.37 bits per heavy atom. The summed E-state index contributed by atoms with van der Waals surface area (Å²) in [6.07, 6.45) is 1.57. The van der Waals surface area contributed by atoms with E-state index in [4.69, 9.17) is 5.11 Å². The topological polar surface area (TPSA) is 126 Å². The molecule has 2 amide bonds. The van der Waals surface area contributed by atoms with Crippen molar-refractivity contribution < 1.29 is 27.5 Å². The third kappa shape index (κ3) is 4.28. The molecule has 3 N–H and O–H groups in total. The van der Waals surface area contributed by atoms with Crippen molar-refractivity contribution in [1.29, 1.82) is 0 Å². The van der Waals surface area contributed by atoms with Crippen molar-refractivity contribution in [2.24, 2.45) is 0 Å². The van der Waals surface area contributed by atoms with Crippen molar-refractivity contribution >= 4 is 22.0 Å². The maximum Gasteiger partial charge on any atom is 0.371 e. The van der Waals surface area contributed by atoms with Gasteiger partial charge in [-0.25, -0.2) is 14.3 Å². The van der Waals surface area contributed by atoms with Crippen LogP contribution in [0.5, 0.6) is 0 Å². The summed E-state index contributed by atoms with van der Waals surface area (Å²) >= 11 is 0. The molecule has 106 valence electrons. The molecule has 0 saturated carbocycles. The summed E-state index contributed by atoms with van der Waals surface area (Å²) in [5, 5.41) is 10.3. The Morgan fingerprint density at radius 2 is 2.05 bits per heavy atom. The van der Waals surface area contributed by atoms with Crippen molar-refractivity contribution in [3.05, 3.63) is 17.9 Å². The fraction of sp³-hybridized carbons (Fsp3) is 0.400. The van der Waals surface area contributed by atoms with Crippen molar-refractivity contribution in [2.75, 3.05) is 6.54 Å². The Labute approximate surface area is 109 Å². The molecule has 0 aliphatic rings. The van der Waals surface area contributed by atoms with Gasteiger partial charge in [-0.3, -0.25) is 0 Å². The van der Waals surface area contributed by atoms with Crippen molar-refractivity contribution in [2.45, 2.75) is 24.9 Å². The van der Waals surface area contributed by atoms with Crippen LogP contribution in [-0.4, -0.2) is 32.1 Å². The van der Waals surface area contributed by atoms with E-state index in [9.17, 15) is 18.0 Å². The van der Waals surface area contributed by atoms with Gasteiger partial charge in [0.2, 0.25) is 10.9 Å². The normalized spacial score (nSPS) is 11.0. The number of unbranched alkanes of at least 4 members (excludes halogenated alkanes) is 1. The van der Waals surface area contributed by atoms with Crippen LogP contribution in [0.1, 0.15) is 30.3 Å². The minimum Gasteiger partial charge on any atom is -0.475 e. The van der Waals surface area contributed by atoms with Crippen molar-refractivity contribution in [3.8, 4) is 0 Å². The molecule has 1 aromatic rings. The van der Waals surface area contributed by atoms with Crippen LogP contribution in [0.25, 0.3) is 0 Å². The number of carboxylic acid groups (broad SMARTS) is 1. The lowest BCUT2D eigenvalue weighted by molar-refractivity contribution is 0.0656. The lowest BCUT2D eigenvalue weighted by atomic mass is 10.3. The molecule has 0 atom stereocenters. The predicted molar refractivity (Wildman–Crippen MR) is 64.3 cm³/mol. The zero-order chi connectivity index (χ0) is 14.5. The highest BCUT2D eigenvalue weighted by atomic mass is 32.2. The van der Waals surface area contributed by atoms with E-state index >= 15 is 0 Å². The van der Waals surface area contributed by atoms with Gasteiger partial charge in [0.05, 0.1) is 0 Å². The maximum absolute atomic E-state index is 11.7. The lowest BCUT2D eigenvalue weighted by Crippen LogP contribution is -2.39. The first kappa shape index (κ1) is 15.0. The SMILES string of the molecule is CCCCNC(=O)NS(=O)(=O)c1ccc(C(=O)O)o1. The minimum atomic E-state index is -4.20. The number of rotatable bonds is 6. The molecule has 0 bridgehead atoms. The van der Waals surface area contributed by atoms with E-state index < -0.39 is 32.9 Å². The van der Waals surface area contributed by atoms with Gasteiger partial charge in [-0.15, -0.1) is 0 Å². The Hall–Kier alpha value is -2.03. The van der Waals surface area contributed by atoms with Gasteiger partial charge in [0, 0.05) is 6.54 Å². The first-order chi connectivity index (χ1) is 8.86. The molecular formula is C10H14N2O6S. The monoisotopic (exact) mass is 290 g/mol. The quantitative estimate of drug-likeness (QED) is 0.664. The van der Waals surface area contributed by atoms with Gasteiger partial charge in [-0.2, -0.15) is 8.42 Å². The minimum absolute atomic E-state index is 0.344. The number of furan rings is 1. The number of hydrogen-bond acceptors (Lipinski definition) is 5. The van der Waals surface area contributed by atoms with Crippen LogP contribution in [0.4, 0.5) is 4.79 Å². The van der Waals surface area contributed by atoms with Gasteiger partial charge < -0.3 is 14.8 Å². The predicted octanol–water partition coefficient (Wildman–Crippen LogP) is 0.766. The maximum atomic E-state index is 11.7. The largest absolute Gasteiger partial charge is 0.475 e. The number of aromatic carboxylic acids is 1. The average Bonchev–Trinajstić information content (AvgIpc) is 2.78. The number of nitrogens with one attached hydrogen (secondary N) is 2. The molecule has 1 aromatic heterocycles. The molecule has 19 heavy (non-hydrogen) atoms. The first-order valence-corrected chi connectivity index (χ1v) is 6.99. The Bertz CT molecular complexity index is 562. The number of urea groups is 1. The van der Waals surface area contributed by atoms with Gasteiger partial charge >= 0.3 is 12.0 Å². The second kappa shape index (κ2) is 6.23. The molecule has 0 aliphatic heterocycles. The van der Waals surface area contributed by atoms with Crippen LogP contribution in [0.15, 0.2) is 21.6 Å². The summed E-state index contributed by atoms with van der Waals surface area (Å²) in [7, 11) is -4.20. The molecule has 1 heterocycles. The second-order valence-electron chi connectivity index (χ2n) is 3.64. The van der Waals surface area contributed by atoms with Crippen LogP contribution < -0.4 is 10.0 Å². The van der Waals surface area contributed by atoms with Crippen LogP contribution in [-0.2, 0) is 10.0 Å². The molecule has 0 unspecified atom stereocenters. The number of carbonyl (C=O) groups excluding carboxylic acids is 1. The highest BCUT2D eigenvalue weighted by molar-refractivity contribution is 7.89. The van der Waals surface area contributed by atoms with E-state index in [1.54, 1.807) is 4.72 Å². The van der Waals surface area contributed by atoms with E-state index in [1.165, 1.54) is 0 Å². The molecule has 1 rings (SSSR count). The first-order valence-electron chi connectivity index (χ1n) is 5.50. The zero-order valence-electron chi connectivity index (χ0n) is 10.2. The Morgan fingerprint density at radius 3 is 2.58 bits per heavy atom. The fourth-order valence-electron chi connectivity index (χ4n) is 1.17. The number of sulfonamides is 1. The highest BCUT2D eigenvalue weighted by Gasteiger charge is 2.23. The molecule has 0 aliphatic carbocycles. The molecular weight excluding hydrogens is 276 g/mol. The summed E-state index contributed by atoms with van der Waals surface area (Å²) in [5.74, 6) is -1.92. The standard InChI is InChI=1S/C10H14N2O6S/c1-2-3-6-11-10(15)12-19(16,17)8-5-4-7(18-8)9(13)14/h4-5H,2-3,6H2,1H3,(H,13,14)(H2,11,12,15). The van der Waals surface area contributed by atoms with E-state index in [1.807, 2.05) is 6.92 Å². The Kier molecular flexibility index (Phi) is 4.93. The third-order valence-corrected chi connectivity index (χ3v) is 3.30. The van der Waals surface area contributed by atoms with Crippen LogP contribution >= 0.6 is 0 Å². The zero-order valence-corrected chi connectivity index (χ0v) is 11.0. The fourth-order valence-corrected chi connectivity index (χ4v) is 2.03. The number of hydrogen-bond donors (Lipinski definition) is 3. The van der Waals surface area contributed by atoms with Crippen LogP contribution in [0.2, 0.25) is 0 Å². The average molecular weight is 290 g/mol. The molecule has 9 heteroatoms. The molecule has 0 fully saturated rings. The number of carboxylic acids is 1. The van der Waals surface area contributed by atoms with Crippen LogP contribution in [0, 0.1) is 0 Å².